The minimum atomic E-state index is -0.879. The van der Waals surface area contributed by atoms with Crippen molar-refractivity contribution in [3.63, 3.8) is 0 Å². The molecule has 0 aromatic heterocycles. The first-order valence-corrected chi connectivity index (χ1v) is 5.55. The molecule has 4 nitrogen and oxygen atoms in total. The maximum Gasteiger partial charge on any atom is 0.274 e. The van der Waals surface area contributed by atoms with E-state index in [2.05, 4.69) is 5.32 Å². The quantitative estimate of drug-likeness (QED) is 0.682. The van der Waals surface area contributed by atoms with Gasteiger partial charge in [0, 0.05) is 11.8 Å². The molecule has 2 aromatic rings. The molecular formula is C13H9F3N2O2. The molecular weight excluding hydrogens is 273 g/mol. The predicted molar refractivity (Wildman–Crippen MR) is 67.4 cm³/mol. The first kappa shape index (κ1) is 13.9. The average Bonchev–Trinajstić information content (AvgIpc) is 2.38. The Hall–Kier alpha value is -2.57. The minimum Gasteiger partial charge on any atom is -0.350 e. The van der Waals surface area contributed by atoms with Crippen LogP contribution >= 0.6 is 0 Å². The zero-order chi connectivity index (χ0) is 14.9. The summed E-state index contributed by atoms with van der Waals surface area (Å²) < 4.78 is 40.6. The highest BCUT2D eigenvalue weighted by Gasteiger charge is 2.14. The minimum absolute atomic E-state index is 0.111. The van der Waals surface area contributed by atoms with Gasteiger partial charge in [-0.3, -0.25) is 10.1 Å². The Kier molecular flexibility index (Phi) is 3.60. The monoisotopic (exact) mass is 282 g/mol. The molecule has 104 valence electrons. The van der Waals surface area contributed by atoms with Crippen molar-refractivity contribution in [1.82, 2.24) is 0 Å². The number of nitrogens with one attached hydrogen (secondary N) is 1. The van der Waals surface area contributed by atoms with Crippen LogP contribution in [-0.4, -0.2) is 4.92 Å². The number of rotatable bonds is 3. The number of anilines is 2. The van der Waals surface area contributed by atoms with E-state index in [9.17, 15) is 23.3 Å². The molecule has 2 rings (SSSR count). The normalized spacial score (nSPS) is 10.4. The van der Waals surface area contributed by atoms with Crippen LogP contribution in [0.1, 0.15) is 5.56 Å². The first-order valence-electron chi connectivity index (χ1n) is 5.55. The van der Waals surface area contributed by atoms with Gasteiger partial charge >= 0.3 is 0 Å². The lowest BCUT2D eigenvalue weighted by Gasteiger charge is -2.10. The summed E-state index contributed by atoms with van der Waals surface area (Å²) in [6.07, 6.45) is 0. The molecule has 0 fully saturated rings. The van der Waals surface area contributed by atoms with E-state index < -0.39 is 33.7 Å². The Morgan fingerprint density at radius 1 is 1.15 bits per heavy atom. The summed E-state index contributed by atoms with van der Waals surface area (Å²) in [5.41, 5.74) is -0.911. The molecule has 0 aliphatic carbocycles. The van der Waals surface area contributed by atoms with Gasteiger partial charge in [-0.1, -0.05) is 6.07 Å². The van der Waals surface area contributed by atoms with Crippen LogP contribution in [0.2, 0.25) is 0 Å². The number of aryl methyl sites for hydroxylation is 1. The summed E-state index contributed by atoms with van der Waals surface area (Å²) in [6, 6.07) is 4.92. The maximum atomic E-state index is 13.8. The summed E-state index contributed by atoms with van der Waals surface area (Å²) >= 11 is 0. The fourth-order valence-corrected chi connectivity index (χ4v) is 1.67. The Labute approximate surface area is 112 Å². The van der Waals surface area contributed by atoms with Gasteiger partial charge in [0.15, 0.2) is 5.82 Å². The number of hydrogen-bond acceptors (Lipinski definition) is 3. The highest BCUT2D eigenvalue weighted by atomic mass is 19.1. The van der Waals surface area contributed by atoms with E-state index in [-0.39, 0.29) is 11.3 Å². The fourth-order valence-electron chi connectivity index (χ4n) is 1.67. The Morgan fingerprint density at radius 3 is 2.50 bits per heavy atom. The molecule has 0 aliphatic rings. The highest BCUT2D eigenvalue weighted by Crippen LogP contribution is 2.28. The number of nitrogens with zero attached hydrogens (tertiary/aromatic N) is 1. The molecule has 1 N–H and O–H groups in total. The van der Waals surface area contributed by atoms with E-state index >= 15 is 0 Å². The standard InChI is InChI=1S/C13H9F3N2O2/c1-7-2-3-11(15)13(12(7)16)17-9-4-8(14)5-10(6-9)18(19)20/h2-6,17H,1H3. The van der Waals surface area contributed by atoms with E-state index in [0.717, 1.165) is 18.2 Å². The largest absolute Gasteiger partial charge is 0.350 e. The van der Waals surface area contributed by atoms with Gasteiger partial charge in [-0.15, -0.1) is 0 Å². The van der Waals surface area contributed by atoms with Crippen molar-refractivity contribution in [3.8, 4) is 0 Å². The molecule has 0 radical (unpaired) electrons. The van der Waals surface area contributed by atoms with Crippen LogP contribution in [0, 0.1) is 34.5 Å². The van der Waals surface area contributed by atoms with Gasteiger partial charge in [0.2, 0.25) is 0 Å². The van der Waals surface area contributed by atoms with Gasteiger partial charge in [-0.25, -0.2) is 13.2 Å². The molecule has 0 atom stereocenters. The average molecular weight is 282 g/mol. The number of halogens is 3. The number of benzene rings is 2. The molecule has 0 saturated heterocycles. The molecule has 20 heavy (non-hydrogen) atoms. The first-order chi connectivity index (χ1) is 9.38. The van der Waals surface area contributed by atoms with Gasteiger partial charge in [-0.05, 0) is 24.6 Å². The van der Waals surface area contributed by atoms with Crippen molar-refractivity contribution in [2.24, 2.45) is 0 Å². The van der Waals surface area contributed by atoms with Gasteiger partial charge in [0.05, 0.1) is 11.0 Å². The topological polar surface area (TPSA) is 55.2 Å². The molecule has 0 aliphatic heterocycles. The smallest absolute Gasteiger partial charge is 0.274 e. The Balaban J connectivity index is 2.45. The van der Waals surface area contributed by atoms with Crippen LogP contribution < -0.4 is 5.32 Å². The summed E-state index contributed by atoms with van der Waals surface area (Å²) in [6.45, 7) is 1.44. The SMILES string of the molecule is Cc1ccc(F)c(Nc2cc(F)cc([N+](=O)[O-])c2)c1F. The lowest BCUT2D eigenvalue weighted by atomic mass is 10.2. The molecule has 0 saturated carbocycles. The molecule has 7 heteroatoms. The zero-order valence-corrected chi connectivity index (χ0v) is 10.3. The third-order valence-corrected chi connectivity index (χ3v) is 2.65. The van der Waals surface area contributed by atoms with Crippen LogP contribution in [0.3, 0.4) is 0 Å². The van der Waals surface area contributed by atoms with E-state index in [1.807, 2.05) is 0 Å². The molecule has 0 heterocycles. The lowest BCUT2D eigenvalue weighted by Crippen LogP contribution is -2.00. The van der Waals surface area contributed by atoms with Crippen molar-refractivity contribution in [2.45, 2.75) is 6.92 Å². The Morgan fingerprint density at radius 2 is 1.85 bits per heavy atom. The van der Waals surface area contributed by atoms with E-state index in [0.29, 0.717) is 6.07 Å². The lowest BCUT2D eigenvalue weighted by molar-refractivity contribution is -0.385. The van der Waals surface area contributed by atoms with Crippen molar-refractivity contribution < 1.29 is 18.1 Å². The molecule has 2 aromatic carbocycles. The third kappa shape index (κ3) is 2.71. The number of hydrogen-bond donors (Lipinski definition) is 1. The second-order valence-corrected chi connectivity index (χ2v) is 4.13. The zero-order valence-electron chi connectivity index (χ0n) is 10.3. The second kappa shape index (κ2) is 5.20. The van der Waals surface area contributed by atoms with Gasteiger partial charge in [0.25, 0.3) is 5.69 Å². The van der Waals surface area contributed by atoms with Crippen LogP contribution in [0.5, 0.6) is 0 Å². The Bertz CT molecular complexity index is 690. The van der Waals surface area contributed by atoms with Gasteiger partial charge in [0.1, 0.15) is 17.3 Å². The molecule has 0 bridgehead atoms. The number of nitro groups is 1. The van der Waals surface area contributed by atoms with Crippen molar-refractivity contribution in [3.05, 3.63) is 63.5 Å². The van der Waals surface area contributed by atoms with Crippen LogP contribution in [0.15, 0.2) is 30.3 Å². The number of nitro benzene ring substituents is 1. The highest BCUT2D eigenvalue weighted by molar-refractivity contribution is 5.64. The van der Waals surface area contributed by atoms with Gasteiger partial charge in [-0.2, -0.15) is 0 Å². The molecule has 0 amide bonds. The van der Waals surface area contributed by atoms with Gasteiger partial charge < -0.3 is 5.32 Å². The maximum absolute atomic E-state index is 13.8. The van der Waals surface area contributed by atoms with Crippen LogP contribution in [0.4, 0.5) is 30.2 Å². The van der Waals surface area contributed by atoms with E-state index in [1.54, 1.807) is 0 Å². The van der Waals surface area contributed by atoms with Crippen LogP contribution in [0.25, 0.3) is 0 Å². The third-order valence-electron chi connectivity index (χ3n) is 2.65. The molecule has 0 spiro atoms. The fraction of sp³-hybridized carbons (Fsp3) is 0.0769. The molecule has 0 unspecified atom stereocenters. The summed E-state index contributed by atoms with van der Waals surface area (Å²) in [5.74, 6) is -2.59. The van der Waals surface area contributed by atoms with E-state index in [4.69, 9.17) is 0 Å². The summed E-state index contributed by atoms with van der Waals surface area (Å²) in [4.78, 5) is 9.81. The summed E-state index contributed by atoms with van der Waals surface area (Å²) in [7, 11) is 0. The number of non-ortho nitro benzene ring substituents is 1. The summed E-state index contributed by atoms with van der Waals surface area (Å²) in [5, 5.41) is 12.9. The van der Waals surface area contributed by atoms with Crippen molar-refractivity contribution >= 4 is 17.1 Å². The van der Waals surface area contributed by atoms with E-state index in [1.165, 1.54) is 13.0 Å². The van der Waals surface area contributed by atoms with Crippen LogP contribution in [-0.2, 0) is 0 Å². The van der Waals surface area contributed by atoms with Crippen molar-refractivity contribution in [2.75, 3.05) is 5.32 Å². The predicted octanol–water partition coefficient (Wildman–Crippen LogP) is 4.06. The second-order valence-electron chi connectivity index (χ2n) is 4.13. The van der Waals surface area contributed by atoms with Crippen molar-refractivity contribution in [1.29, 1.82) is 0 Å².